The largest absolute Gasteiger partial charge is 0.391 e. The summed E-state index contributed by atoms with van der Waals surface area (Å²) in [4.78, 5) is 2.23. The number of nitrogens with zero attached hydrogens (tertiary/aromatic N) is 2. The number of benzene rings is 1. The maximum atomic E-state index is 5.83. The third-order valence-electron chi connectivity index (χ3n) is 3.20. The van der Waals surface area contributed by atoms with E-state index >= 15 is 0 Å². The van der Waals surface area contributed by atoms with E-state index in [1.54, 1.807) is 22.7 Å². The van der Waals surface area contributed by atoms with E-state index in [-0.39, 0.29) is 0 Å². The molecule has 0 unspecified atom stereocenters. The van der Waals surface area contributed by atoms with Gasteiger partial charge in [0.25, 0.3) is 0 Å². The van der Waals surface area contributed by atoms with Gasteiger partial charge >= 0.3 is 0 Å². The monoisotopic (exact) mass is 330 g/mol. The van der Waals surface area contributed by atoms with E-state index < -0.39 is 0 Å². The van der Waals surface area contributed by atoms with Crippen LogP contribution in [0.2, 0.25) is 0 Å². The summed E-state index contributed by atoms with van der Waals surface area (Å²) in [6.07, 6.45) is 0. The van der Waals surface area contributed by atoms with Gasteiger partial charge in [0.1, 0.15) is 11.0 Å². The Balaban J connectivity index is 1.96. The Morgan fingerprint density at radius 3 is 1.52 bits per heavy atom. The average Bonchev–Trinajstić information content (AvgIpc) is 3.18. The van der Waals surface area contributed by atoms with Crippen LogP contribution in [0.3, 0.4) is 0 Å². The molecule has 3 aromatic heterocycles. The summed E-state index contributed by atoms with van der Waals surface area (Å²) >= 11 is 4.36. The Kier molecular flexibility index (Phi) is 2.91. The average molecular weight is 330 g/mol. The van der Waals surface area contributed by atoms with Crippen LogP contribution in [0.25, 0.3) is 31.9 Å². The van der Waals surface area contributed by atoms with Gasteiger partial charge in [-0.2, -0.15) is 8.75 Å². The van der Waals surface area contributed by atoms with Crippen LogP contribution in [0.4, 0.5) is 10.0 Å². The summed E-state index contributed by atoms with van der Waals surface area (Å²) in [5, 5.41) is 1.60. The molecule has 0 bridgehead atoms. The molecule has 3 heterocycles. The molecule has 104 valence electrons. The quantitative estimate of drug-likeness (QED) is 0.574. The first kappa shape index (κ1) is 12.8. The maximum absolute atomic E-state index is 5.83. The van der Waals surface area contributed by atoms with Crippen molar-refractivity contribution in [2.24, 2.45) is 0 Å². The lowest BCUT2D eigenvalue weighted by Gasteiger charge is -2.03. The van der Waals surface area contributed by atoms with Crippen LogP contribution in [0, 0.1) is 0 Å². The normalized spacial score (nSPS) is 11.2. The molecule has 0 aliphatic carbocycles. The molecule has 0 spiro atoms. The molecule has 0 radical (unpaired) electrons. The highest BCUT2D eigenvalue weighted by Crippen LogP contribution is 2.39. The molecule has 0 fully saturated rings. The fraction of sp³-hybridized carbons (Fsp3) is 0. The standard InChI is InChI=1S/C14H10N4S3/c15-11-5-3-9(19-11)7-1-2-8(10-4-6-12(16)20-10)14-13(7)17-21-18-14/h1-6H,15-16H2. The van der Waals surface area contributed by atoms with Crippen LogP contribution >= 0.6 is 34.4 Å². The van der Waals surface area contributed by atoms with E-state index in [2.05, 4.69) is 20.9 Å². The molecule has 0 saturated heterocycles. The number of anilines is 2. The molecule has 0 aliphatic heterocycles. The van der Waals surface area contributed by atoms with Crippen LogP contribution in [-0.2, 0) is 0 Å². The lowest BCUT2D eigenvalue weighted by molar-refractivity contribution is 1.63. The molecule has 7 heteroatoms. The van der Waals surface area contributed by atoms with Gasteiger partial charge < -0.3 is 11.5 Å². The van der Waals surface area contributed by atoms with Crippen LogP contribution < -0.4 is 11.5 Å². The minimum atomic E-state index is 0.802. The zero-order valence-electron chi connectivity index (χ0n) is 10.7. The van der Waals surface area contributed by atoms with Gasteiger partial charge in [-0.1, -0.05) is 12.1 Å². The summed E-state index contributed by atoms with van der Waals surface area (Å²) in [6.45, 7) is 0. The van der Waals surface area contributed by atoms with E-state index in [1.807, 2.05) is 24.3 Å². The summed E-state index contributed by atoms with van der Waals surface area (Å²) in [5.74, 6) is 0. The Labute approximate surface area is 133 Å². The van der Waals surface area contributed by atoms with E-state index in [1.165, 1.54) is 11.7 Å². The minimum absolute atomic E-state index is 0.802. The van der Waals surface area contributed by atoms with Crippen LogP contribution in [0.1, 0.15) is 0 Å². The van der Waals surface area contributed by atoms with Crippen LogP contribution in [0.15, 0.2) is 36.4 Å². The SMILES string of the molecule is Nc1ccc(-c2ccc(-c3ccc(N)s3)c3nsnc23)s1. The predicted octanol–water partition coefficient (Wildman–Crippen LogP) is 4.31. The first-order valence-electron chi connectivity index (χ1n) is 6.19. The summed E-state index contributed by atoms with van der Waals surface area (Å²) in [6, 6.07) is 12.0. The second kappa shape index (κ2) is 4.80. The van der Waals surface area contributed by atoms with Crippen molar-refractivity contribution in [2.75, 3.05) is 11.5 Å². The van der Waals surface area contributed by atoms with Crippen molar-refractivity contribution in [3.63, 3.8) is 0 Å². The summed E-state index contributed by atoms with van der Waals surface area (Å²) < 4.78 is 8.93. The highest BCUT2D eigenvalue weighted by atomic mass is 32.1. The summed E-state index contributed by atoms with van der Waals surface area (Å²) in [5.41, 5.74) is 15.7. The van der Waals surface area contributed by atoms with Gasteiger partial charge in [-0.15, -0.1) is 22.7 Å². The number of thiophene rings is 2. The van der Waals surface area contributed by atoms with Crippen LogP contribution in [-0.4, -0.2) is 8.75 Å². The van der Waals surface area contributed by atoms with Gasteiger partial charge in [-0.25, -0.2) is 0 Å². The number of fused-ring (bicyclic) bond motifs is 1. The fourth-order valence-corrected chi connectivity index (χ4v) is 4.43. The molecule has 4 N–H and O–H groups in total. The topological polar surface area (TPSA) is 77.8 Å². The lowest BCUT2D eigenvalue weighted by Crippen LogP contribution is -1.82. The molecule has 1 aromatic carbocycles. The number of hydrogen-bond acceptors (Lipinski definition) is 7. The third-order valence-corrected chi connectivity index (χ3v) is 5.62. The number of hydrogen-bond donors (Lipinski definition) is 2. The number of nitrogen functional groups attached to an aromatic ring is 2. The zero-order chi connectivity index (χ0) is 14.4. The van der Waals surface area contributed by atoms with Crippen molar-refractivity contribution in [2.45, 2.75) is 0 Å². The van der Waals surface area contributed by atoms with Crippen molar-refractivity contribution < 1.29 is 0 Å². The molecule has 0 amide bonds. The molecule has 0 saturated carbocycles. The van der Waals surface area contributed by atoms with Gasteiger partial charge in [0.05, 0.1) is 21.7 Å². The van der Waals surface area contributed by atoms with Crippen molar-refractivity contribution >= 4 is 55.4 Å². The molecule has 4 nitrogen and oxygen atoms in total. The van der Waals surface area contributed by atoms with E-state index in [9.17, 15) is 0 Å². The fourth-order valence-electron chi connectivity index (χ4n) is 2.26. The summed E-state index contributed by atoms with van der Waals surface area (Å²) in [7, 11) is 0. The molecule has 21 heavy (non-hydrogen) atoms. The molecule has 4 rings (SSSR count). The highest BCUT2D eigenvalue weighted by molar-refractivity contribution is 7.19. The van der Waals surface area contributed by atoms with Gasteiger partial charge in [0.15, 0.2) is 0 Å². The molecular formula is C14H10N4S3. The maximum Gasteiger partial charge on any atom is 0.114 e. The Hall–Kier alpha value is -1.96. The van der Waals surface area contributed by atoms with Gasteiger partial charge in [-0.3, -0.25) is 0 Å². The molecule has 0 aliphatic rings. The van der Waals surface area contributed by atoms with Crippen molar-refractivity contribution in [3.8, 4) is 20.9 Å². The van der Waals surface area contributed by atoms with E-state index in [0.717, 1.165) is 41.9 Å². The number of rotatable bonds is 2. The van der Waals surface area contributed by atoms with Crippen molar-refractivity contribution in [3.05, 3.63) is 36.4 Å². The molecule has 4 aromatic rings. The Morgan fingerprint density at radius 2 is 1.14 bits per heavy atom. The second-order valence-electron chi connectivity index (χ2n) is 4.53. The highest BCUT2D eigenvalue weighted by Gasteiger charge is 2.15. The van der Waals surface area contributed by atoms with Crippen molar-refractivity contribution in [1.82, 2.24) is 8.75 Å². The smallest absolute Gasteiger partial charge is 0.114 e. The molecule has 0 atom stereocenters. The zero-order valence-corrected chi connectivity index (χ0v) is 13.2. The van der Waals surface area contributed by atoms with E-state index in [0.29, 0.717) is 0 Å². The second-order valence-corrected chi connectivity index (χ2v) is 7.29. The van der Waals surface area contributed by atoms with Gasteiger partial charge in [0.2, 0.25) is 0 Å². The first-order chi connectivity index (χ1) is 10.2. The van der Waals surface area contributed by atoms with Gasteiger partial charge in [0, 0.05) is 20.9 Å². The predicted molar refractivity (Wildman–Crippen MR) is 92.9 cm³/mol. The first-order valence-corrected chi connectivity index (χ1v) is 8.55. The number of aromatic nitrogens is 2. The Morgan fingerprint density at radius 1 is 0.667 bits per heavy atom. The number of nitrogens with two attached hydrogens (primary N) is 2. The van der Waals surface area contributed by atoms with Crippen LogP contribution in [0.5, 0.6) is 0 Å². The Bertz CT molecular complexity index is 860. The van der Waals surface area contributed by atoms with E-state index in [4.69, 9.17) is 11.5 Å². The van der Waals surface area contributed by atoms with Crippen molar-refractivity contribution in [1.29, 1.82) is 0 Å². The third kappa shape index (κ3) is 2.10. The molecular weight excluding hydrogens is 320 g/mol. The minimum Gasteiger partial charge on any atom is -0.391 e. The lowest BCUT2D eigenvalue weighted by atomic mass is 10.1. The van der Waals surface area contributed by atoms with Gasteiger partial charge in [-0.05, 0) is 24.3 Å².